The number of ketones is 1. The van der Waals surface area contributed by atoms with E-state index < -0.39 is 40.0 Å². The van der Waals surface area contributed by atoms with Crippen LogP contribution in [-0.4, -0.2) is 49.6 Å². The predicted molar refractivity (Wildman–Crippen MR) is 70.7 cm³/mol. The van der Waals surface area contributed by atoms with Gasteiger partial charge in [-0.25, -0.2) is 0 Å². The first kappa shape index (κ1) is 14.2. The predicted octanol–water partition coefficient (Wildman–Crippen LogP) is -0.0905. The van der Waals surface area contributed by atoms with Gasteiger partial charge >= 0.3 is 0 Å². The third-order valence-corrected chi connectivity index (χ3v) is 6.07. The summed E-state index contributed by atoms with van der Waals surface area (Å²) in [6, 6.07) is 0. The second kappa shape index (κ2) is 3.35. The summed E-state index contributed by atoms with van der Waals surface area (Å²) < 4.78 is 0. The van der Waals surface area contributed by atoms with Gasteiger partial charge in [0.05, 0.1) is 17.8 Å². The Morgan fingerprint density at radius 3 is 1.90 bits per heavy atom. The zero-order valence-electron chi connectivity index (χ0n) is 12.3. The first-order chi connectivity index (χ1) is 8.93. The molecule has 0 saturated heterocycles. The lowest BCUT2D eigenvalue weighted by molar-refractivity contribution is -0.160. The summed E-state index contributed by atoms with van der Waals surface area (Å²) in [5.74, 6) is -0.561. The highest BCUT2D eigenvalue weighted by atomic mass is 16.3. The van der Waals surface area contributed by atoms with Gasteiger partial charge in [0.2, 0.25) is 0 Å². The van der Waals surface area contributed by atoms with Crippen molar-refractivity contribution in [2.75, 3.05) is 0 Å². The van der Waals surface area contributed by atoms with Crippen LogP contribution < -0.4 is 0 Å². The Labute approximate surface area is 117 Å². The molecular formula is C15H22O5. The lowest BCUT2D eigenvalue weighted by atomic mass is 9.61. The van der Waals surface area contributed by atoms with Crippen LogP contribution >= 0.6 is 0 Å². The van der Waals surface area contributed by atoms with Crippen LogP contribution in [0.2, 0.25) is 0 Å². The number of carbonyl (C=O) groups is 1. The maximum Gasteiger partial charge on any atom is 0.193 e. The van der Waals surface area contributed by atoms with Crippen LogP contribution in [0.1, 0.15) is 40.5 Å². The van der Waals surface area contributed by atoms with Crippen molar-refractivity contribution in [3.63, 3.8) is 0 Å². The van der Waals surface area contributed by atoms with Crippen molar-refractivity contribution in [1.29, 1.82) is 0 Å². The fourth-order valence-corrected chi connectivity index (χ4v) is 4.27. The Kier molecular flexibility index (Phi) is 2.38. The summed E-state index contributed by atoms with van der Waals surface area (Å²) in [7, 11) is 0. The fraction of sp³-hybridized carbons (Fsp3) is 0.800. The molecule has 1 fully saturated rings. The molecule has 3 aliphatic rings. The Morgan fingerprint density at radius 2 is 1.45 bits per heavy atom. The molecule has 4 atom stereocenters. The molecule has 0 unspecified atom stereocenters. The molecule has 0 aromatic carbocycles. The van der Waals surface area contributed by atoms with Gasteiger partial charge in [0.25, 0.3) is 0 Å². The Balaban J connectivity index is 2.28. The maximum absolute atomic E-state index is 12.6. The van der Waals surface area contributed by atoms with E-state index in [1.54, 1.807) is 13.8 Å². The minimum atomic E-state index is -1.71. The highest BCUT2D eigenvalue weighted by Gasteiger charge is 2.76. The van der Waals surface area contributed by atoms with Crippen molar-refractivity contribution in [3.05, 3.63) is 11.1 Å². The molecule has 0 aliphatic heterocycles. The third-order valence-electron chi connectivity index (χ3n) is 6.07. The molecule has 0 bridgehead atoms. The van der Waals surface area contributed by atoms with E-state index in [1.807, 2.05) is 0 Å². The molecule has 5 heteroatoms. The summed E-state index contributed by atoms with van der Waals surface area (Å²) in [5, 5.41) is 42.5. The van der Waals surface area contributed by atoms with Gasteiger partial charge in [0.1, 0.15) is 5.60 Å². The van der Waals surface area contributed by atoms with E-state index in [2.05, 4.69) is 0 Å². The van der Waals surface area contributed by atoms with Crippen molar-refractivity contribution in [2.45, 2.75) is 63.9 Å². The molecule has 0 radical (unpaired) electrons. The van der Waals surface area contributed by atoms with E-state index in [-0.39, 0.29) is 11.1 Å². The summed E-state index contributed by atoms with van der Waals surface area (Å²) in [4.78, 5) is 12.6. The molecule has 0 aromatic rings. The lowest BCUT2D eigenvalue weighted by Gasteiger charge is -2.48. The van der Waals surface area contributed by atoms with E-state index in [4.69, 9.17) is 0 Å². The number of hydrogen-bond acceptors (Lipinski definition) is 5. The standard InChI is InChI=1S/C15H22O5/c1-12(2)9(16)7-8(11(12)18)13(3,19)15(5-6-15)14(4,20)10(7)17/h9,11,16,18-20H,5-6H2,1-4H3/t9-,11+,13+,14-/m0/s1. The van der Waals surface area contributed by atoms with Gasteiger partial charge in [-0.05, 0) is 26.7 Å². The SMILES string of the molecule is CC1(C)[C@H](O)C2=C(C(=O)[C@](C)(O)C3(CC3)[C@]2(C)O)[C@@H]1O. The van der Waals surface area contributed by atoms with Gasteiger partial charge in [0.15, 0.2) is 5.78 Å². The van der Waals surface area contributed by atoms with Crippen LogP contribution in [0.3, 0.4) is 0 Å². The molecule has 112 valence electrons. The minimum Gasteiger partial charge on any atom is -0.388 e. The molecule has 3 rings (SSSR count). The molecule has 3 aliphatic carbocycles. The second-order valence-corrected chi connectivity index (χ2v) is 7.51. The topological polar surface area (TPSA) is 98.0 Å². The quantitative estimate of drug-likeness (QED) is 0.498. The number of carbonyl (C=O) groups excluding carboxylic acids is 1. The van der Waals surface area contributed by atoms with E-state index in [0.29, 0.717) is 12.8 Å². The number of aliphatic hydroxyl groups excluding tert-OH is 2. The van der Waals surface area contributed by atoms with Crippen molar-refractivity contribution >= 4 is 5.78 Å². The normalized spacial score (nSPS) is 48.7. The highest BCUT2D eigenvalue weighted by molar-refractivity contribution is 6.06. The van der Waals surface area contributed by atoms with Crippen LogP contribution in [0, 0.1) is 10.8 Å². The molecule has 4 N–H and O–H groups in total. The number of Topliss-reactive ketones (excluding diaryl/α,β-unsaturated/α-hetero) is 1. The van der Waals surface area contributed by atoms with Gasteiger partial charge in [-0.2, -0.15) is 0 Å². The van der Waals surface area contributed by atoms with Gasteiger partial charge in [-0.1, -0.05) is 13.8 Å². The Hall–Kier alpha value is -0.750. The van der Waals surface area contributed by atoms with Gasteiger partial charge in [0, 0.05) is 22.0 Å². The molecular weight excluding hydrogens is 260 g/mol. The zero-order valence-corrected chi connectivity index (χ0v) is 12.3. The van der Waals surface area contributed by atoms with Crippen LogP contribution in [0.25, 0.3) is 0 Å². The smallest absolute Gasteiger partial charge is 0.193 e. The van der Waals surface area contributed by atoms with Gasteiger partial charge < -0.3 is 20.4 Å². The van der Waals surface area contributed by atoms with Crippen molar-refractivity contribution in [3.8, 4) is 0 Å². The Morgan fingerprint density at radius 1 is 0.950 bits per heavy atom. The molecule has 5 nitrogen and oxygen atoms in total. The van der Waals surface area contributed by atoms with Crippen LogP contribution in [0.15, 0.2) is 11.1 Å². The van der Waals surface area contributed by atoms with Crippen molar-refractivity contribution < 1.29 is 25.2 Å². The minimum absolute atomic E-state index is 0.00461. The van der Waals surface area contributed by atoms with E-state index in [0.717, 1.165) is 0 Å². The lowest BCUT2D eigenvalue weighted by Crippen LogP contribution is -2.61. The fourth-order valence-electron chi connectivity index (χ4n) is 4.27. The molecule has 0 aromatic heterocycles. The van der Waals surface area contributed by atoms with Crippen LogP contribution in [-0.2, 0) is 4.79 Å². The van der Waals surface area contributed by atoms with E-state index in [1.165, 1.54) is 13.8 Å². The molecule has 1 saturated carbocycles. The summed E-state index contributed by atoms with van der Waals surface area (Å²) in [5.41, 5.74) is -4.92. The number of hydrogen-bond donors (Lipinski definition) is 4. The van der Waals surface area contributed by atoms with Crippen molar-refractivity contribution in [1.82, 2.24) is 0 Å². The molecule has 20 heavy (non-hydrogen) atoms. The van der Waals surface area contributed by atoms with E-state index >= 15 is 0 Å². The number of rotatable bonds is 0. The monoisotopic (exact) mass is 282 g/mol. The van der Waals surface area contributed by atoms with Crippen LogP contribution in [0.5, 0.6) is 0 Å². The highest BCUT2D eigenvalue weighted by Crippen LogP contribution is 2.68. The zero-order chi connectivity index (χ0) is 15.3. The molecule has 0 heterocycles. The van der Waals surface area contributed by atoms with Gasteiger partial charge in [-0.15, -0.1) is 0 Å². The first-order valence-electron chi connectivity index (χ1n) is 7.03. The molecule has 0 amide bonds. The van der Waals surface area contributed by atoms with Crippen molar-refractivity contribution in [2.24, 2.45) is 10.8 Å². The Bertz CT molecular complexity index is 536. The average Bonchev–Trinajstić information content (AvgIpc) is 3.10. The summed E-state index contributed by atoms with van der Waals surface area (Å²) >= 11 is 0. The van der Waals surface area contributed by atoms with Gasteiger partial charge in [-0.3, -0.25) is 4.79 Å². The second-order valence-electron chi connectivity index (χ2n) is 7.51. The largest absolute Gasteiger partial charge is 0.388 e. The van der Waals surface area contributed by atoms with E-state index in [9.17, 15) is 25.2 Å². The summed E-state index contributed by atoms with van der Waals surface area (Å²) in [6.45, 7) is 6.25. The number of aliphatic hydroxyl groups is 4. The first-order valence-corrected chi connectivity index (χ1v) is 7.03. The average molecular weight is 282 g/mol. The third kappa shape index (κ3) is 1.18. The van der Waals surface area contributed by atoms with Crippen LogP contribution in [0.4, 0.5) is 0 Å². The molecule has 1 spiro atoms. The maximum atomic E-state index is 12.6. The summed E-state index contributed by atoms with van der Waals surface area (Å²) in [6.07, 6.45) is -1.23.